The van der Waals surface area contributed by atoms with Crippen molar-refractivity contribution in [3.63, 3.8) is 0 Å². The van der Waals surface area contributed by atoms with Gasteiger partial charge in [0.25, 0.3) is 10.0 Å². The zero-order valence-corrected chi connectivity index (χ0v) is 15.4. The topological polar surface area (TPSA) is 71.4 Å². The summed E-state index contributed by atoms with van der Waals surface area (Å²) in [7, 11) is -3.79. The minimum atomic E-state index is -3.79. The Morgan fingerprint density at radius 1 is 0.962 bits per heavy atom. The summed E-state index contributed by atoms with van der Waals surface area (Å²) in [6.07, 6.45) is 1.65. The number of rotatable bonds is 5. The van der Waals surface area contributed by atoms with E-state index in [0.29, 0.717) is 17.0 Å². The van der Waals surface area contributed by atoms with E-state index in [9.17, 15) is 8.42 Å². The Morgan fingerprint density at radius 2 is 1.69 bits per heavy atom. The van der Waals surface area contributed by atoms with Gasteiger partial charge in [0, 0.05) is 11.8 Å². The minimum absolute atomic E-state index is 0.217. The predicted molar refractivity (Wildman–Crippen MR) is 103 cm³/mol. The molecule has 0 spiro atoms. The number of aromatic nitrogens is 1. The van der Waals surface area contributed by atoms with Crippen LogP contribution in [0.2, 0.25) is 0 Å². The van der Waals surface area contributed by atoms with Crippen LogP contribution in [0.4, 0.5) is 0 Å². The van der Waals surface area contributed by atoms with Crippen molar-refractivity contribution < 1.29 is 8.42 Å². The van der Waals surface area contributed by atoms with Crippen molar-refractivity contribution in [1.29, 1.82) is 0 Å². The Labute approximate surface area is 153 Å². The molecule has 0 aliphatic rings. The maximum atomic E-state index is 12.7. The van der Waals surface area contributed by atoms with E-state index in [-0.39, 0.29) is 4.90 Å². The van der Waals surface area contributed by atoms with Gasteiger partial charge < -0.3 is 0 Å². The Balaban J connectivity index is 2.03. The molecule has 6 heteroatoms. The van der Waals surface area contributed by atoms with Crippen LogP contribution in [0.1, 0.15) is 22.4 Å². The smallest absolute Gasteiger partial charge is 0.255 e. The quantitative estimate of drug-likeness (QED) is 0.556. The van der Waals surface area contributed by atoms with E-state index in [2.05, 4.69) is 14.9 Å². The van der Waals surface area contributed by atoms with Crippen molar-refractivity contribution in [3.8, 4) is 0 Å². The molecule has 1 aromatic heterocycles. The van der Waals surface area contributed by atoms with E-state index in [1.165, 1.54) is 0 Å². The number of benzene rings is 2. The lowest BCUT2D eigenvalue weighted by molar-refractivity contribution is 0.584. The summed E-state index contributed by atoms with van der Waals surface area (Å²) in [5.74, 6) is 0. The van der Waals surface area contributed by atoms with Gasteiger partial charge in [-0.3, -0.25) is 4.98 Å². The normalized spacial score (nSPS) is 12.0. The molecule has 0 saturated carbocycles. The fourth-order valence-corrected chi connectivity index (χ4v) is 3.66. The number of hydrazone groups is 1. The first kappa shape index (κ1) is 17.8. The molecule has 132 valence electrons. The Bertz CT molecular complexity index is 990. The van der Waals surface area contributed by atoms with Crippen molar-refractivity contribution in [1.82, 2.24) is 9.82 Å². The summed E-state index contributed by atoms with van der Waals surface area (Å²) in [6, 6.07) is 20.1. The largest absolute Gasteiger partial charge is 0.276 e. The summed E-state index contributed by atoms with van der Waals surface area (Å²) < 4.78 is 25.5. The molecule has 0 fully saturated rings. The van der Waals surface area contributed by atoms with Crippen LogP contribution < -0.4 is 4.83 Å². The van der Waals surface area contributed by atoms with Crippen molar-refractivity contribution in [2.75, 3.05) is 0 Å². The second kappa shape index (κ2) is 7.49. The zero-order valence-electron chi connectivity index (χ0n) is 14.5. The van der Waals surface area contributed by atoms with Crippen LogP contribution in [0, 0.1) is 13.8 Å². The third-order valence-electron chi connectivity index (χ3n) is 3.87. The molecule has 3 rings (SSSR count). The van der Waals surface area contributed by atoms with Gasteiger partial charge in [-0.1, -0.05) is 48.5 Å². The van der Waals surface area contributed by atoms with Gasteiger partial charge in [-0.05, 0) is 43.2 Å². The molecule has 3 aromatic rings. The number of nitrogens with one attached hydrogen (secondary N) is 1. The Kier molecular flexibility index (Phi) is 5.14. The third kappa shape index (κ3) is 3.97. The van der Waals surface area contributed by atoms with Gasteiger partial charge in [0.1, 0.15) is 5.71 Å². The predicted octanol–water partition coefficient (Wildman–Crippen LogP) is 3.43. The highest BCUT2D eigenvalue weighted by molar-refractivity contribution is 7.89. The first-order valence-electron chi connectivity index (χ1n) is 8.11. The summed E-state index contributed by atoms with van der Waals surface area (Å²) in [5.41, 5.74) is 3.35. The van der Waals surface area contributed by atoms with Crippen LogP contribution in [0.25, 0.3) is 0 Å². The van der Waals surface area contributed by atoms with E-state index in [1.807, 2.05) is 49.4 Å². The van der Waals surface area contributed by atoms with Crippen molar-refractivity contribution in [2.45, 2.75) is 18.7 Å². The van der Waals surface area contributed by atoms with Crippen molar-refractivity contribution in [2.24, 2.45) is 5.10 Å². The van der Waals surface area contributed by atoms with Crippen molar-refractivity contribution in [3.05, 3.63) is 95.3 Å². The highest BCUT2D eigenvalue weighted by atomic mass is 32.2. The molecular formula is C20H19N3O2S. The molecule has 0 aliphatic carbocycles. The average molecular weight is 365 g/mol. The molecule has 0 saturated heterocycles. The second-order valence-corrected chi connectivity index (χ2v) is 7.53. The lowest BCUT2D eigenvalue weighted by Crippen LogP contribution is -2.22. The molecule has 0 amide bonds. The Hall–Kier alpha value is -2.99. The van der Waals surface area contributed by atoms with Gasteiger partial charge in [0.2, 0.25) is 0 Å². The molecule has 1 heterocycles. The number of sulfonamides is 1. The summed E-state index contributed by atoms with van der Waals surface area (Å²) in [5, 5.41) is 4.20. The fraction of sp³-hybridized carbons (Fsp3) is 0.100. The van der Waals surface area contributed by atoms with E-state index in [4.69, 9.17) is 0 Å². The third-order valence-corrected chi connectivity index (χ3v) is 5.22. The van der Waals surface area contributed by atoms with Gasteiger partial charge in [-0.25, -0.2) is 0 Å². The van der Waals surface area contributed by atoms with Crippen LogP contribution in [-0.2, 0) is 10.0 Å². The van der Waals surface area contributed by atoms with Crippen LogP contribution in [0.3, 0.4) is 0 Å². The highest BCUT2D eigenvalue weighted by Crippen LogP contribution is 2.17. The SMILES string of the molecule is Cc1ccc(C)c(S(=O)(=O)N/N=C(\c2ccccc2)c2ccccn2)c1. The van der Waals surface area contributed by atoms with Gasteiger partial charge in [0.15, 0.2) is 0 Å². The number of hydrogen-bond donors (Lipinski definition) is 1. The van der Waals surface area contributed by atoms with Crippen LogP contribution in [-0.4, -0.2) is 19.1 Å². The Morgan fingerprint density at radius 3 is 2.38 bits per heavy atom. The van der Waals surface area contributed by atoms with E-state index in [1.54, 1.807) is 37.4 Å². The number of hydrogen-bond acceptors (Lipinski definition) is 4. The van der Waals surface area contributed by atoms with Crippen molar-refractivity contribution >= 4 is 15.7 Å². The van der Waals surface area contributed by atoms with E-state index >= 15 is 0 Å². The van der Waals surface area contributed by atoms with Gasteiger partial charge in [-0.2, -0.15) is 18.4 Å². The standard InChI is InChI=1S/C20H19N3O2S/c1-15-11-12-16(2)19(14-15)26(24,25)23-22-20(17-8-4-3-5-9-17)18-10-6-7-13-21-18/h3-14,23H,1-2H3/b22-20+. The molecule has 2 aromatic carbocycles. The van der Waals surface area contributed by atoms with E-state index in [0.717, 1.165) is 11.1 Å². The average Bonchev–Trinajstić information content (AvgIpc) is 2.65. The molecule has 0 aliphatic heterocycles. The number of aryl methyl sites for hydroxylation is 2. The maximum Gasteiger partial charge on any atom is 0.276 e. The molecular weight excluding hydrogens is 346 g/mol. The van der Waals surface area contributed by atoms with Crippen LogP contribution >= 0.6 is 0 Å². The highest BCUT2D eigenvalue weighted by Gasteiger charge is 2.17. The monoisotopic (exact) mass is 365 g/mol. The van der Waals surface area contributed by atoms with Gasteiger partial charge >= 0.3 is 0 Å². The second-order valence-electron chi connectivity index (χ2n) is 5.91. The molecule has 0 radical (unpaired) electrons. The molecule has 26 heavy (non-hydrogen) atoms. The molecule has 0 unspecified atom stereocenters. The molecule has 1 N–H and O–H groups in total. The van der Waals surface area contributed by atoms with Crippen LogP contribution in [0.5, 0.6) is 0 Å². The summed E-state index contributed by atoms with van der Waals surface area (Å²) >= 11 is 0. The lowest BCUT2D eigenvalue weighted by Gasteiger charge is -2.10. The summed E-state index contributed by atoms with van der Waals surface area (Å²) in [6.45, 7) is 3.61. The summed E-state index contributed by atoms with van der Waals surface area (Å²) in [4.78, 5) is 6.87. The van der Waals surface area contributed by atoms with Gasteiger partial charge in [0.05, 0.1) is 10.6 Å². The first-order valence-corrected chi connectivity index (χ1v) is 9.59. The maximum absolute atomic E-state index is 12.7. The lowest BCUT2D eigenvalue weighted by atomic mass is 10.1. The molecule has 0 atom stereocenters. The molecule has 0 bridgehead atoms. The first-order chi connectivity index (χ1) is 12.5. The molecule has 5 nitrogen and oxygen atoms in total. The minimum Gasteiger partial charge on any atom is -0.255 e. The number of nitrogens with zero attached hydrogens (tertiary/aromatic N) is 2. The number of pyridine rings is 1. The van der Waals surface area contributed by atoms with Gasteiger partial charge in [-0.15, -0.1) is 0 Å². The fourth-order valence-electron chi connectivity index (χ4n) is 2.52. The van der Waals surface area contributed by atoms with E-state index < -0.39 is 10.0 Å². The zero-order chi connectivity index (χ0) is 18.6. The van der Waals surface area contributed by atoms with Crippen LogP contribution in [0.15, 0.2) is 82.9 Å².